The predicted octanol–water partition coefficient (Wildman–Crippen LogP) is 1.33. The first-order chi connectivity index (χ1) is 8.88. The van der Waals surface area contributed by atoms with Gasteiger partial charge in [0.25, 0.3) is 5.91 Å². The van der Waals surface area contributed by atoms with E-state index in [0.29, 0.717) is 12.6 Å². The monoisotopic (exact) mass is 282 g/mol. The number of rotatable bonds is 4. The van der Waals surface area contributed by atoms with Crippen molar-refractivity contribution in [2.24, 2.45) is 0 Å². The van der Waals surface area contributed by atoms with Gasteiger partial charge in [-0.05, 0) is 25.5 Å². The molecule has 0 aliphatic rings. The Bertz CT molecular complexity index is 514. The van der Waals surface area contributed by atoms with Gasteiger partial charge in [0.05, 0.1) is 6.54 Å². The molecule has 0 saturated carbocycles. The van der Waals surface area contributed by atoms with Crippen molar-refractivity contribution in [1.82, 2.24) is 10.6 Å². The summed E-state index contributed by atoms with van der Waals surface area (Å²) in [6.07, 6.45) is 1.44. The standard InChI is InChI=1S/C12H14N2O4S/c1-7-5-9(19-8(7)2)6-13-12(18)14-10(15)3-4-11(16)17/h3-5H,6H2,1-2H3,(H,16,17)(H2,13,14,15,18). The second-order valence-corrected chi connectivity index (χ2v) is 5.14. The van der Waals surface area contributed by atoms with Crippen LogP contribution in [0.5, 0.6) is 0 Å². The lowest BCUT2D eigenvalue weighted by Crippen LogP contribution is -2.38. The Balaban J connectivity index is 2.39. The molecule has 0 saturated heterocycles. The van der Waals surface area contributed by atoms with Gasteiger partial charge in [-0.1, -0.05) is 0 Å². The summed E-state index contributed by atoms with van der Waals surface area (Å²) in [7, 11) is 0. The first-order valence-electron chi connectivity index (χ1n) is 5.44. The van der Waals surface area contributed by atoms with Crippen molar-refractivity contribution in [2.75, 3.05) is 0 Å². The third-order valence-electron chi connectivity index (χ3n) is 2.25. The van der Waals surface area contributed by atoms with Gasteiger partial charge in [0.1, 0.15) is 0 Å². The van der Waals surface area contributed by atoms with E-state index < -0.39 is 17.9 Å². The molecule has 0 unspecified atom stereocenters. The van der Waals surface area contributed by atoms with Gasteiger partial charge < -0.3 is 10.4 Å². The molecule has 102 valence electrons. The summed E-state index contributed by atoms with van der Waals surface area (Å²) in [4.78, 5) is 34.8. The molecule has 0 atom stereocenters. The number of urea groups is 1. The van der Waals surface area contributed by atoms with Crippen LogP contribution < -0.4 is 10.6 Å². The Kier molecular flexibility index (Phi) is 5.25. The number of nitrogens with one attached hydrogen (secondary N) is 2. The first kappa shape index (κ1) is 14.9. The van der Waals surface area contributed by atoms with Crippen LogP contribution in [-0.2, 0) is 16.1 Å². The van der Waals surface area contributed by atoms with Crippen LogP contribution in [-0.4, -0.2) is 23.0 Å². The van der Waals surface area contributed by atoms with Crippen LogP contribution in [0.2, 0.25) is 0 Å². The number of carboxylic acids is 1. The van der Waals surface area contributed by atoms with E-state index in [2.05, 4.69) is 5.32 Å². The number of aryl methyl sites for hydroxylation is 2. The maximum absolute atomic E-state index is 11.3. The molecule has 7 heteroatoms. The minimum Gasteiger partial charge on any atom is -0.478 e. The number of hydrogen-bond donors (Lipinski definition) is 3. The van der Waals surface area contributed by atoms with E-state index in [1.54, 1.807) is 11.3 Å². The van der Waals surface area contributed by atoms with E-state index in [1.807, 2.05) is 25.2 Å². The topological polar surface area (TPSA) is 95.5 Å². The number of carboxylic acid groups (broad SMARTS) is 1. The van der Waals surface area contributed by atoms with Crippen LogP contribution in [0.1, 0.15) is 15.3 Å². The highest BCUT2D eigenvalue weighted by atomic mass is 32.1. The molecular formula is C12H14N2O4S. The highest BCUT2D eigenvalue weighted by molar-refractivity contribution is 7.12. The van der Waals surface area contributed by atoms with Crippen LogP contribution in [0.3, 0.4) is 0 Å². The van der Waals surface area contributed by atoms with Gasteiger partial charge in [-0.2, -0.15) is 0 Å². The second kappa shape index (κ2) is 6.69. The fraction of sp³-hybridized carbons (Fsp3) is 0.250. The minimum atomic E-state index is -1.25. The van der Waals surface area contributed by atoms with Crippen molar-refractivity contribution in [3.8, 4) is 0 Å². The van der Waals surface area contributed by atoms with E-state index in [-0.39, 0.29) is 0 Å². The van der Waals surface area contributed by atoms with Gasteiger partial charge >= 0.3 is 12.0 Å². The summed E-state index contributed by atoms with van der Waals surface area (Å²) >= 11 is 1.57. The number of thiophene rings is 1. The molecule has 6 nitrogen and oxygen atoms in total. The SMILES string of the molecule is Cc1cc(CNC(=O)NC(=O)C=CC(=O)O)sc1C. The zero-order valence-corrected chi connectivity index (χ0v) is 11.3. The normalized spacial score (nSPS) is 10.4. The van der Waals surface area contributed by atoms with E-state index >= 15 is 0 Å². The third kappa shape index (κ3) is 5.35. The van der Waals surface area contributed by atoms with Crippen molar-refractivity contribution in [1.29, 1.82) is 0 Å². The van der Waals surface area contributed by atoms with E-state index in [9.17, 15) is 14.4 Å². The molecule has 3 amide bonds. The number of hydrogen-bond acceptors (Lipinski definition) is 4. The van der Waals surface area contributed by atoms with Crippen molar-refractivity contribution in [3.63, 3.8) is 0 Å². The Morgan fingerprint density at radius 1 is 1.32 bits per heavy atom. The fourth-order valence-electron chi connectivity index (χ4n) is 1.25. The number of aliphatic carboxylic acids is 1. The molecule has 3 N–H and O–H groups in total. The van der Waals surface area contributed by atoms with E-state index in [4.69, 9.17) is 5.11 Å². The molecule has 0 radical (unpaired) electrons. The molecule has 1 aromatic heterocycles. The fourth-order valence-corrected chi connectivity index (χ4v) is 2.24. The lowest BCUT2D eigenvalue weighted by Gasteiger charge is -2.03. The molecule has 1 rings (SSSR count). The quantitative estimate of drug-likeness (QED) is 0.726. The molecule has 0 aliphatic carbocycles. The van der Waals surface area contributed by atoms with Gasteiger partial charge in [0.2, 0.25) is 0 Å². The number of imide groups is 1. The molecule has 0 aromatic carbocycles. The Morgan fingerprint density at radius 2 is 2.00 bits per heavy atom. The van der Waals surface area contributed by atoms with Crippen molar-refractivity contribution >= 4 is 29.2 Å². The largest absolute Gasteiger partial charge is 0.478 e. The van der Waals surface area contributed by atoms with E-state index in [1.165, 1.54) is 4.88 Å². The van der Waals surface area contributed by atoms with Crippen molar-refractivity contribution < 1.29 is 19.5 Å². The zero-order chi connectivity index (χ0) is 14.4. The summed E-state index contributed by atoms with van der Waals surface area (Å²) in [5, 5.41) is 12.8. The molecule has 19 heavy (non-hydrogen) atoms. The van der Waals surface area contributed by atoms with E-state index in [0.717, 1.165) is 16.5 Å². The van der Waals surface area contributed by atoms with Gasteiger partial charge in [-0.3, -0.25) is 10.1 Å². The summed E-state index contributed by atoms with van der Waals surface area (Å²) in [5.41, 5.74) is 1.16. The maximum atomic E-state index is 11.3. The van der Waals surface area contributed by atoms with Crippen LogP contribution in [0.4, 0.5) is 4.79 Å². The smallest absolute Gasteiger partial charge is 0.328 e. The molecular weight excluding hydrogens is 268 g/mol. The third-order valence-corrected chi connectivity index (χ3v) is 3.41. The summed E-state index contributed by atoms with van der Waals surface area (Å²) < 4.78 is 0. The Hall–Kier alpha value is -2.15. The number of carbonyl (C=O) groups is 3. The summed E-state index contributed by atoms with van der Waals surface area (Å²) in [6, 6.07) is 1.30. The van der Waals surface area contributed by atoms with Crippen LogP contribution in [0.15, 0.2) is 18.2 Å². The average molecular weight is 282 g/mol. The predicted molar refractivity (Wildman–Crippen MR) is 70.9 cm³/mol. The molecule has 0 spiro atoms. The van der Waals surface area contributed by atoms with Gasteiger partial charge in [0, 0.05) is 21.9 Å². The maximum Gasteiger partial charge on any atom is 0.328 e. The van der Waals surface area contributed by atoms with Gasteiger partial charge in [-0.25, -0.2) is 9.59 Å². The molecule has 0 bridgehead atoms. The molecule has 1 heterocycles. The van der Waals surface area contributed by atoms with Gasteiger partial charge in [0.15, 0.2) is 0 Å². The highest BCUT2D eigenvalue weighted by Crippen LogP contribution is 2.20. The Morgan fingerprint density at radius 3 is 2.53 bits per heavy atom. The Labute approximate surface area is 114 Å². The molecule has 0 aliphatic heterocycles. The molecule has 1 aromatic rings. The summed E-state index contributed by atoms with van der Waals surface area (Å²) in [5.74, 6) is -2.03. The second-order valence-electron chi connectivity index (χ2n) is 3.80. The van der Waals surface area contributed by atoms with Crippen LogP contribution in [0.25, 0.3) is 0 Å². The average Bonchev–Trinajstić information content (AvgIpc) is 2.64. The zero-order valence-electron chi connectivity index (χ0n) is 10.5. The summed E-state index contributed by atoms with van der Waals surface area (Å²) in [6.45, 7) is 4.29. The number of carbonyl (C=O) groups excluding carboxylic acids is 2. The van der Waals surface area contributed by atoms with Crippen molar-refractivity contribution in [2.45, 2.75) is 20.4 Å². The lowest BCUT2D eigenvalue weighted by molar-refractivity contribution is -0.131. The minimum absolute atomic E-state index is 0.321. The lowest BCUT2D eigenvalue weighted by atomic mass is 10.3. The number of amides is 3. The van der Waals surface area contributed by atoms with Crippen LogP contribution in [0, 0.1) is 13.8 Å². The first-order valence-corrected chi connectivity index (χ1v) is 6.26. The van der Waals surface area contributed by atoms with Crippen LogP contribution >= 0.6 is 11.3 Å². The van der Waals surface area contributed by atoms with Gasteiger partial charge in [-0.15, -0.1) is 11.3 Å². The van der Waals surface area contributed by atoms with Crippen molar-refractivity contribution in [3.05, 3.63) is 33.5 Å². The highest BCUT2D eigenvalue weighted by Gasteiger charge is 2.06. The molecule has 0 fully saturated rings.